The lowest BCUT2D eigenvalue weighted by molar-refractivity contribution is -0.121. The van der Waals surface area contributed by atoms with E-state index in [0.29, 0.717) is 17.9 Å². The third kappa shape index (κ3) is 5.53. The standard InChI is InChI=1S/C23H33N3O3S/c1-5-25-10-12-26(13-11-25)23(21-7-6-14-30-21)17(2)24-22(27)16-18-8-9-19(28-3)20(15-18)29-4/h6-9,14-15,17,23H,5,10-13,16H2,1-4H3,(H,24,27)/t17-,23+/m0/s1. The van der Waals surface area contributed by atoms with Crippen LogP contribution in [0.2, 0.25) is 0 Å². The van der Waals surface area contributed by atoms with Crippen LogP contribution in [0.25, 0.3) is 0 Å². The summed E-state index contributed by atoms with van der Waals surface area (Å²) in [5.41, 5.74) is 0.904. The van der Waals surface area contributed by atoms with Crippen LogP contribution in [-0.2, 0) is 11.2 Å². The van der Waals surface area contributed by atoms with Gasteiger partial charge in [0.25, 0.3) is 0 Å². The SMILES string of the molecule is CCN1CCN([C@@H](c2cccs2)[C@H](C)NC(=O)Cc2ccc(OC)c(OC)c2)CC1. The molecule has 7 heteroatoms. The maximum atomic E-state index is 12.8. The third-order valence-electron chi connectivity index (χ3n) is 5.76. The molecule has 2 aromatic rings. The second-order valence-electron chi connectivity index (χ2n) is 7.65. The fourth-order valence-corrected chi connectivity index (χ4v) is 5.08. The molecule has 2 heterocycles. The molecule has 2 atom stereocenters. The molecule has 0 bridgehead atoms. The maximum Gasteiger partial charge on any atom is 0.224 e. The number of hydrogen-bond donors (Lipinski definition) is 1. The van der Waals surface area contributed by atoms with Gasteiger partial charge in [0.05, 0.1) is 26.7 Å². The average Bonchev–Trinajstić information content (AvgIpc) is 3.28. The molecule has 0 saturated carbocycles. The van der Waals surface area contributed by atoms with Crippen molar-refractivity contribution < 1.29 is 14.3 Å². The quantitative estimate of drug-likeness (QED) is 0.661. The normalized spacial score (nSPS) is 17.3. The van der Waals surface area contributed by atoms with Crippen molar-refractivity contribution in [2.45, 2.75) is 32.4 Å². The second kappa shape index (κ2) is 10.8. The van der Waals surface area contributed by atoms with E-state index in [1.54, 1.807) is 25.6 Å². The lowest BCUT2D eigenvalue weighted by Gasteiger charge is -2.41. The van der Waals surface area contributed by atoms with Crippen molar-refractivity contribution in [3.8, 4) is 11.5 Å². The fraction of sp³-hybridized carbons (Fsp3) is 0.522. The van der Waals surface area contributed by atoms with E-state index in [0.717, 1.165) is 38.3 Å². The zero-order chi connectivity index (χ0) is 21.5. The number of piperazine rings is 1. The molecule has 1 aliphatic heterocycles. The van der Waals surface area contributed by atoms with Gasteiger partial charge >= 0.3 is 0 Å². The van der Waals surface area contributed by atoms with Crippen molar-refractivity contribution in [3.05, 3.63) is 46.2 Å². The molecule has 1 aromatic carbocycles. The maximum absolute atomic E-state index is 12.8. The van der Waals surface area contributed by atoms with Gasteiger partial charge in [0.15, 0.2) is 11.5 Å². The number of ether oxygens (including phenoxy) is 2. The number of amides is 1. The van der Waals surface area contributed by atoms with Gasteiger partial charge in [0.1, 0.15) is 0 Å². The number of rotatable bonds is 9. The van der Waals surface area contributed by atoms with Gasteiger partial charge in [-0.2, -0.15) is 0 Å². The van der Waals surface area contributed by atoms with Gasteiger partial charge in [-0.15, -0.1) is 11.3 Å². The summed E-state index contributed by atoms with van der Waals surface area (Å²) in [5.74, 6) is 1.32. The summed E-state index contributed by atoms with van der Waals surface area (Å²) in [7, 11) is 3.21. The van der Waals surface area contributed by atoms with Crippen molar-refractivity contribution in [1.82, 2.24) is 15.1 Å². The average molecular weight is 432 g/mol. The smallest absolute Gasteiger partial charge is 0.224 e. The topological polar surface area (TPSA) is 54.0 Å². The lowest BCUT2D eigenvalue weighted by Crippen LogP contribution is -2.52. The number of carbonyl (C=O) groups is 1. The molecule has 1 amide bonds. The van der Waals surface area contributed by atoms with Crippen molar-refractivity contribution in [2.24, 2.45) is 0 Å². The molecule has 3 rings (SSSR count). The number of benzene rings is 1. The summed E-state index contributed by atoms with van der Waals surface area (Å²) in [6.45, 7) is 9.61. The number of thiophene rings is 1. The summed E-state index contributed by atoms with van der Waals surface area (Å²) in [4.78, 5) is 19.1. The van der Waals surface area contributed by atoms with Crippen LogP contribution in [0.1, 0.15) is 30.3 Å². The first-order chi connectivity index (χ1) is 14.5. The summed E-state index contributed by atoms with van der Waals surface area (Å²) >= 11 is 1.76. The Morgan fingerprint density at radius 1 is 1.13 bits per heavy atom. The second-order valence-corrected chi connectivity index (χ2v) is 8.63. The lowest BCUT2D eigenvalue weighted by atomic mass is 10.0. The molecule has 1 N–H and O–H groups in total. The minimum Gasteiger partial charge on any atom is -0.493 e. The molecule has 1 aliphatic rings. The number of methoxy groups -OCH3 is 2. The van der Waals surface area contributed by atoms with Crippen molar-refractivity contribution in [1.29, 1.82) is 0 Å². The van der Waals surface area contributed by atoms with Crippen LogP contribution >= 0.6 is 11.3 Å². The number of likely N-dealkylation sites (N-methyl/N-ethyl adjacent to an activating group) is 1. The van der Waals surface area contributed by atoms with E-state index in [1.165, 1.54) is 4.88 Å². The van der Waals surface area contributed by atoms with Crippen molar-refractivity contribution in [3.63, 3.8) is 0 Å². The Morgan fingerprint density at radius 2 is 1.87 bits per heavy atom. The highest BCUT2D eigenvalue weighted by atomic mass is 32.1. The number of hydrogen-bond acceptors (Lipinski definition) is 6. The molecular weight excluding hydrogens is 398 g/mol. The number of nitrogens with one attached hydrogen (secondary N) is 1. The Morgan fingerprint density at radius 3 is 2.47 bits per heavy atom. The predicted octanol–water partition coefficient (Wildman–Crippen LogP) is 3.19. The highest BCUT2D eigenvalue weighted by Gasteiger charge is 2.30. The Hall–Kier alpha value is -2.09. The minimum absolute atomic E-state index is 0.0171. The van der Waals surface area contributed by atoms with Gasteiger partial charge in [-0.05, 0) is 42.6 Å². The van der Waals surface area contributed by atoms with E-state index in [2.05, 4.69) is 46.5 Å². The van der Waals surface area contributed by atoms with Crippen LogP contribution in [0.3, 0.4) is 0 Å². The van der Waals surface area contributed by atoms with Crippen LogP contribution < -0.4 is 14.8 Å². The van der Waals surface area contributed by atoms with E-state index < -0.39 is 0 Å². The first-order valence-electron chi connectivity index (χ1n) is 10.6. The summed E-state index contributed by atoms with van der Waals surface area (Å²) < 4.78 is 10.6. The van der Waals surface area contributed by atoms with E-state index in [9.17, 15) is 4.79 Å². The zero-order valence-electron chi connectivity index (χ0n) is 18.4. The molecule has 0 spiro atoms. The van der Waals surface area contributed by atoms with Gasteiger partial charge in [-0.3, -0.25) is 9.69 Å². The van der Waals surface area contributed by atoms with E-state index >= 15 is 0 Å². The molecule has 0 aliphatic carbocycles. The first kappa shape index (κ1) is 22.6. The Labute approximate surface area is 183 Å². The fourth-order valence-electron chi connectivity index (χ4n) is 4.12. The monoisotopic (exact) mass is 431 g/mol. The molecule has 0 radical (unpaired) electrons. The third-order valence-corrected chi connectivity index (χ3v) is 6.70. The van der Waals surface area contributed by atoms with E-state index in [1.807, 2.05) is 18.2 Å². The van der Waals surface area contributed by atoms with Gasteiger partial charge in [0.2, 0.25) is 5.91 Å². The van der Waals surface area contributed by atoms with Gasteiger partial charge in [-0.1, -0.05) is 19.1 Å². The summed E-state index contributed by atoms with van der Waals surface area (Å²) in [6.07, 6.45) is 0.311. The highest BCUT2D eigenvalue weighted by molar-refractivity contribution is 7.10. The first-order valence-corrected chi connectivity index (χ1v) is 11.4. The van der Waals surface area contributed by atoms with Crippen LogP contribution in [0.5, 0.6) is 11.5 Å². The predicted molar refractivity (Wildman–Crippen MR) is 122 cm³/mol. The van der Waals surface area contributed by atoms with Crippen molar-refractivity contribution in [2.75, 3.05) is 46.9 Å². The summed E-state index contributed by atoms with van der Waals surface area (Å²) in [5, 5.41) is 5.36. The van der Waals surface area contributed by atoms with Crippen LogP contribution in [0, 0.1) is 0 Å². The van der Waals surface area contributed by atoms with Gasteiger partial charge < -0.3 is 19.7 Å². The molecule has 30 heavy (non-hydrogen) atoms. The molecule has 0 unspecified atom stereocenters. The Kier molecular flexibility index (Phi) is 8.13. The Bertz CT molecular complexity index is 804. The van der Waals surface area contributed by atoms with Gasteiger partial charge in [0, 0.05) is 37.1 Å². The van der Waals surface area contributed by atoms with Crippen molar-refractivity contribution >= 4 is 17.2 Å². The van der Waals surface area contributed by atoms with E-state index in [-0.39, 0.29) is 18.0 Å². The van der Waals surface area contributed by atoms with E-state index in [4.69, 9.17) is 9.47 Å². The zero-order valence-corrected chi connectivity index (χ0v) is 19.2. The van der Waals surface area contributed by atoms with Crippen LogP contribution in [-0.4, -0.2) is 68.7 Å². The molecule has 1 aromatic heterocycles. The Balaban J connectivity index is 1.66. The minimum atomic E-state index is 0.0171. The van der Waals surface area contributed by atoms with Crippen LogP contribution in [0.4, 0.5) is 0 Å². The number of carbonyl (C=O) groups excluding carboxylic acids is 1. The molecule has 1 fully saturated rings. The molecule has 1 saturated heterocycles. The summed E-state index contributed by atoms with van der Waals surface area (Å²) in [6, 6.07) is 10.1. The van der Waals surface area contributed by atoms with Gasteiger partial charge in [-0.25, -0.2) is 0 Å². The largest absolute Gasteiger partial charge is 0.493 e. The highest BCUT2D eigenvalue weighted by Crippen LogP contribution is 2.30. The molecular formula is C23H33N3O3S. The van der Waals surface area contributed by atoms with Crippen LogP contribution in [0.15, 0.2) is 35.7 Å². The number of nitrogens with zero attached hydrogens (tertiary/aromatic N) is 2. The molecule has 164 valence electrons. The molecule has 6 nitrogen and oxygen atoms in total.